The molecule has 166 valence electrons. The van der Waals surface area contributed by atoms with Gasteiger partial charge < -0.3 is 15.2 Å². The predicted octanol–water partition coefficient (Wildman–Crippen LogP) is 4.77. The number of allylic oxidation sites excluding steroid dienone is 1. The largest absolute Gasteiger partial charge is 0.504 e. The number of ether oxygens (including phenoxy) is 1. The third kappa shape index (κ3) is 5.15. The van der Waals surface area contributed by atoms with Gasteiger partial charge in [-0.1, -0.05) is 23.7 Å². The van der Waals surface area contributed by atoms with Gasteiger partial charge in [0.2, 0.25) is 5.91 Å². The van der Waals surface area contributed by atoms with Crippen molar-refractivity contribution in [2.45, 2.75) is 13.3 Å². The van der Waals surface area contributed by atoms with Gasteiger partial charge in [0.05, 0.1) is 12.0 Å². The van der Waals surface area contributed by atoms with Gasteiger partial charge >= 0.3 is 0 Å². The Hall–Kier alpha value is -3.23. The summed E-state index contributed by atoms with van der Waals surface area (Å²) in [6, 6.07) is 8.28. The second-order valence-corrected chi connectivity index (χ2v) is 8.40. The average Bonchev–Trinajstić information content (AvgIpc) is 3.00. The van der Waals surface area contributed by atoms with Crippen LogP contribution in [-0.4, -0.2) is 40.7 Å². The molecule has 9 heteroatoms. The lowest BCUT2D eigenvalue weighted by Crippen LogP contribution is -2.36. The number of hydrogen-bond acceptors (Lipinski definition) is 6. The van der Waals surface area contributed by atoms with Gasteiger partial charge in [-0.05, 0) is 66.6 Å². The molecular weight excluding hydrogens is 452 g/mol. The van der Waals surface area contributed by atoms with Gasteiger partial charge in [0, 0.05) is 16.3 Å². The Bertz CT molecular complexity index is 1150. The highest BCUT2D eigenvalue weighted by molar-refractivity contribution is 8.18. The summed E-state index contributed by atoms with van der Waals surface area (Å²) in [5.41, 5.74) is 2.48. The minimum atomic E-state index is -0.575. The van der Waals surface area contributed by atoms with Gasteiger partial charge in [0.25, 0.3) is 11.1 Å². The lowest BCUT2D eigenvalue weighted by molar-refractivity contribution is -0.127. The summed E-state index contributed by atoms with van der Waals surface area (Å²) in [4.78, 5) is 38.5. The molecule has 0 unspecified atom stereocenters. The number of imide groups is 1. The minimum Gasteiger partial charge on any atom is -0.504 e. The van der Waals surface area contributed by atoms with Crippen molar-refractivity contribution >= 4 is 52.2 Å². The van der Waals surface area contributed by atoms with Gasteiger partial charge in [0.15, 0.2) is 11.5 Å². The number of hydrogen-bond donors (Lipinski definition) is 2. The van der Waals surface area contributed by atoms with E-state index in [4.69, 9.17) is 16.3 Å². The van der Waals surface area contributed by atoms with Crippen LogP contribution in [0.1, 0.15) is 16.7 Å². The molecule has 1 aliphatic heterocycles. The molecule has 32 heavy (non-hydrogen) atoms. The number of nitrogens with one attached hydrogen (secondary N) is 1. The lowest BCUT2D eigenvalue weighted by Gasteiger charge is -2.13. The Kier molecular flexibility index (Phi) is 7.27. The van der Waals surface area contributed by atoms with E-state index in [1.165, 1.54) is 13.2 Å². The van der Waals surface area contributed by atoms with Gasteiger partial charge in [-0.15, -0.1) is 6.58 Å². The van der Waals surface area contributed by atoms with E-state index < -0.39 is 23.6 Å². The van der Waals surface area contributed by atoms with Crippen molar-refractivity contribution in [3.05, 3.63) is 69.6 Å². The number of anilines is 1. The van der Waals surface area contributed by atoms with Crippen molar-refractivity contribution in [2.75, 3.05) is 19.0 Å². The van der Waals surface area contributed by atoms with E-state index in [2.05, 4.69) is 11.9 Å². The van der Waals surface area contributed by atoms with Gasteiger partial charge in [0.1, 0.15) is 6.54 Å². The van der Waals surface area contributed by atoms with Crippen LogP contribution in [0.5, 0.6) is 11.5 Å². The standard InChI is InChI=1S/C23H21ClN2O5S/c1-4-5-15-8-14(9-18(31-3)21(15)28)10-19-22(29)26(23(30)32-19)12-20(27)25-16-7-6-13(2)17(24)11-16/h4,6-11,28H,1,5,12H2,2-3H3,(H,25,27)/b19-10-. The molecule has 1 fully saturated rings. The highest BCUT2D eigenvalue weighted by Gasteiger charge is 2.36. The Morgan fingerprint density at radius 1 is 1.31 bits per heavy atom. The van der Waals surface area contributed by atoms with Crippen molar-refractivity contribution in [2.24, 2.45) is 0 Å². The highest BCUT2D eigenvalue weighted by Crippen LogP contribution is 2.36. The molecule has 0 atom stereocenters. The third-order valence-electron chi connectivity index (χ3n) is 4.69. The van der Waals surface area contributed by atoms with Crippen molar-refractivity contribution in [1.29, 1.82) is 0 Å². The molecule has 0 aliphatic carbocycles. The molecule has 3 rings (SSSR count). The van der Waals surface area contributed by atoms with Crippen LogP contribution < -0.4 is 10.1 Å². The fourth-order valence-corrected chi connectivity index (χ4v) is 4.06. The van der Waals surface area contributed by atoms with Gasteiger partial charge in [-0.3, -0.25) is 19.3 Å². The molecule has 0 spiro atoms. The van der Waals surface area contributed by atoms with E-state index in [1.807, 2.05) is 6.92 Å². The van der Waals surface area contributed by atoms with E-state index in [0.29, 0.717) is 28.3 Å². The SMILES string of the molecule is C=CCc1cc(/C=C2\SC(=O)N(CC(=O)Nc3ccc(C)c(Cl)c3)C2=O)cc(OC)c1O. The summed E-state index contributed by atoms with van der Waals surface area (Å²) in [6.07, 6.45) is 3.55. The number of carbonyl (C=O) groups excluding carboxylic acids is 3. The van der Waals surface area contributed by atoms with Crippen LogP contribution in [0.3, 0.4) is 0 Å². The number of amides is 3. The maximum atomic E-state index is 12.8. The zero-order valence-corrected chi connectivity index (χ0v) is 19.0. The smallest absolute Gasteiger partial charge is 0.294 e. The number of benzene rings is 2. The van der Waals surface area contributed by atoms with E-state index in [1.54, 1.807) is 36.4 Å². The number of phenols is 1. The maximum Gasteiger partial charge on any atom is 0.294 e. The Morgan fingerprint density at radius 2 is 2.06 bits per heavy atom. The fraction of sp³-hybridized carbons (Fsp3) is 0.174. The molecule has 0 saturated carbocycles. The Balaban J connectivity index is 1.77. The molecule has 2 N–H and O–H groups in total. The second-order valence-electron chi connectivity index (χ2n) is 7.00. The van der Waals surface area contributed by atoms with Gasteiger partial charge in [-0.25, -0.2) is 0 Å². The van der Waals surface area contributed by atoms with E-state index in [-0.39, 0.29) is 16.4 Å². The molecule has 1 heterocycles. The number of aryl methyl sites for hydroxylation is 1. The molecular formula is C23H21ClN2O5S. The Morgan fingerprint density at radius 3 is 2.72 bits per heavy atom. The second kappa shape index (κ2) is 9.93. The maximum absolute atomic E-state index is 12.8. The highest BCUT2D eigenvalue weighted by atomic mass is 35.5. The van der Waals surface area contributed by atoms with Crippen LogP contribution in [0.2, 0.25) is 5.02 Å². The first kappa shape index (κ1) is 23.4. The summed E-state index contributed by atoms with van der Waals surface area (Å²) in [5.74, 6) is -0.862. The van der Waals surface area contributed by atoms with Gasteiger partial charge in [-0.2, -0.15) is 0 Å². The van der Waals surface area contributed by atoms with Crippen molar-refractivity contribution in [3.63, 3.8) is 0 Å². The Labute approximate surface area is 194 Å². The zero-order chi connectivity index (χ0) is 23.4. The fourth-order valence-electron chi connectivity index (χ4n) is 3.04. The van der Waals surface area contributed by atoms with Crippen molar-refractivity contribution < 1.29 is 24.2 Å². The van der Waals surface area contributed by atoms with Crippen LogP contribution in [-0.2, 0) is 16.0 Å². The number of nitrogens with zero attached hydrogens (tertiary/aromatic N) is 1. The van der Waals surface area contributed by atoms with E-state index >= 15 is 0 Å². The number of carbonyl (C=O) groups is 3. The molecule has 0 radical (unpaired) electrons. The predicted molar refractivity (Wildman–Crippen MR) is 126 cm³/mol. The average molecular weight is 473 g/mol. The molecule has 2 aromatic rings. The van der Waals surface area contributed by atoms with Crippen LogP contribution in [0.15, 0.2) is 47.9 Å². The monoisotopic (exact) mass is 472 g/mol. The number of halogens is 1. The first-order valence-electron chi connectivity index (χ1n) is 9.55. The molecule has 2 aromatic carbocycles. The van der Waals surface area contributed by atoms with Crippen LogP contribution in [0, 0.1) is 6.92 Å². The number of thioether (sulfide) groups is 1. The molecule has 3 amide bonds. The quantitative estimate of drug-likeness (QED) is 0.445. The summed E-state index contributed by atoms with van der Waals surface area (Å²) < 4.78 is 5.19. The number of rotatable bonds is 7. The summed E-state index contributed by atoms with van der Waals surface area (Å²) >= 11 is 6.80. The first-order valence-corrected chi connectivity index (χ1v) is 10.7. The summed E-state index contributed by atoms with van der Waals surface area (Å²) in [6.45, 7) is 5.08. The number of aromatic hydroxyl groups is 1. The molecule has 1 saturated heterocycles. The number of methoxy groups -OCH3 is 1. The third-order valence-corrected chi connectivity index (χ3v) is 6.00. The summed E-state index contributed by atoms with van der Waals surface area (Å²) in [5, 5.41) is 12.8. The van der Waals surface area contributed by atoms with Crippen LogP contribution in [0.25, 0.3) is 6.08 Å². The topological polar surface area (TPSA) is 95.9 Å². The molecule has 0 bridgehead atoms. The van der Waals surface area contributed by atoms with E-state index in [0.717, 1.165) is 22.2 Å². The normalized spacial score (nSPS) is 14.7. The van der Waals surface area contributed by atoms with Crippen LogP contribution >= 0.6 is 23.4 Å². The summed E-state index contributed by atoms with van der Waals surface area (Å²) in [7, 11) is 1.42. The van der Waals surface area contributed by atoms with E-state index in [9.17, 15) is 19.5 Å². The lowest BCUT2D eigenvalue weighted by atomic mass is 10.1. The van der Waals surface area contributed by atoms with Crippen molar-refractivity contribution in [1.82, 2.24) is 4.90 Å². The molecule has 1 aliphatic rings. The molecule has 0 aromatic heterocycles. The van der Waals surface area contributed by atoms with Crippen LogP contribution in [0.4, 0.5) is 10.5 Å². The first-order chi connectivity index (χ1) is 15.2. The molecule has 7 nitrogen and oxygen atoms in total. The zero-order valence-electron chi connectivity index (χ0n) is 17.5. The number of phenolic OH excluding ortho intramolecular Hbond substituents is 1. The minimum absolute atomic E-state index is 0.00876. The van der Waals surface area contributed by atoms with Crippen molar-refractivity contribution in [3.8, 4) is 11.5 Å².